The first-order chi connectivity index (χ1) is 15.5. The number of hydrogen-bond acceptors (Lipinski definition) is 2. The van der Waals surface area contributed by atoms with Crippen molar-refractivity contribution in [3.8, 4) is 33.7 Å². The van der Waals surface area contributed by atoms with Gasteiger partial charge in [-0.3, -0.25) is 4.57 Å². The van der Waals surface area contributed by atoms with Crippen molar-refractivity contribution < 1.29 is 18.3 Å². The van der Waals surface area contributed by atoms with Crippen molar-refractivity contribution in [3.63, 3.8) is 0 Å². The van der Waals surface area contributed by atoms with E-state index in [-0.39, 0.29) is 17.0 Å². The van der Waals surface area contributed by atoms with Gasteiger partial charge in [0.15, 0.2) is 0 Å². The highest BCUT2D eigenvalue weighted by atomic mass is 35.5. The van der Waals surface area contributed by atoms with Crippen molar-refractivity contribution in [1.82, 2.24) is 9.13 Å². The molecule has 4 rings (SSSR count). The Labute approximate surface area is 193 Å². The molecule has 0 aliphatic heterocycles. The molecule has 8 heteroatoms. The lowest BCUT2D eigenvalue weighted by atomic mass is 9.93. The van der Waals surface area contributed by atoms with E-state index < -0.39 is 11.7 Å². The molecule has 0 bridgehead atoms. The summed E-state index contributed by atoms with van der Waals surface area (Å²) in [7, 11) is 1.64. The van der Waals surface area contributed by atoms with Gasteiger partial charge in [-0.1, -0.05) is 29.8 Å². The van der Waals surface area contributed by atoms with Gasteiger partial charge >= 0.3 is 11.9 Å². The number of aryl methyl sites for hydroxylation is 3. The summed E-state index contributed by atoms with van der Waals surface area (Å²) in [6.45, 7) is 3.23. The SMILES string of the molecule is Cc1cc(-c2ccc(C(F)(F)F)c(C)c2)c(O)c(-c2ccc(-n3ccn(C)c3=O)c(Cl)c2)c1. The van der Waals surface area contributed by atoms with E-state index >= 15 is 0 Å². The van der Waals surface area contributed by atoms with E-state index in [0.717, 1.165) is 11.6 Å². The molecule has 170 valence electrons. The van der Waals surface area contributed by atoms with E-state index in [0.29, 0.717) is 33.0 Å². The van der Waals surface area contributed by atoms with Crippen LogP contribution in [0.15, 0.2) is 65.7 Å². The number of halogens is 4. The second kappa shape index (κ2) is 8.15. The third-order valence-electron chi connectivity index (χ3n) is 5.56. The van der Waals surface area contributed by atoms with Gasteiger partial charge in [0.25, 0.3) is 0 Å². The largest absolute Gasteiger partial charge is 0.507 e. The van der Waals surface area contributed by atoms with Gasteiger partial charge < -0.3 is 9.67 Å². The van der Waals surface area contributed by atoms with Gasteiger partial charge in [-0.05, 0) is 66.4 Å². The van der Waals surface area contributed by atoms with Crippen LogP contribution in [0.1, 0.15) is 16.7 Å². The minimum Gasteiger partial charge on any atom is -0.507 e. The van der Waals surface area contributed by atoms with E-state index in [1.165, 1.54) is 28.2 Å². The van der Waals surface area contributed by atoms with Gasteiger partial charge in [-0.2, -0.15) is 13.2 Å². The highest BCUT2D eigenvalue weighted by Crippen LogP contribution is 2.42. The van der Waals surface area contributed by atoms with Crippen LogP contribution in [0.2, 0.25) is 5.02 Å². The first kappa shape index (κ1) is 22.7. The van der Waals surface area contributed by atoms with E-state index in [2.05, 4.69) is 0 Å². The highest BCUT2D eigenvalue weighted by Gasteiger charge is 2.32. The average molecular weight is 473 g/mol. The molecular formula is C25H20ClF3N2O2. The topological polar surface area (TPSA) is 47.2 Å². The molecule has 1 aromatic heterocycles. The minimum absolute atomic E-state index is 0.0690. The molecule has 0 saturated heterocycles. The average Bonchev–Trinajstić information content (AvgIpc) is 3.06. The van der Waals surface area contributed by atoms with Gasteiger partial charge in [0, 0.05) is 30.6 Å². The van der Waals surface area contributed by atoms with Gasteiger partial charge in [0.05, 0.1) is 16.3 Å². The number of aromatic hydroxyl groups is 1. The Morgan fingerprint density at radius 1 is 0.909 bits per heavy atom. The predicted molar refractivity (Wildman–Crippen MR) is 123 cm³/mol. The van der Waals surface area contributed by atoms with Gasteiger partial charge in [-0.25, -0.2) is 4.79 Å². The molecule has 1 N–H and O–H groups in total. The van der Waals surface area contributed by atoms with Crippen molar-refractivity contribution in [2.75, 3.05) is 0 Å². The maximum atomic E-state index is 13.1. The summed E-state index contributed by atoms with van der Waals surface area (Å²) in [4.78, 5) is 12.2. The molecule has 4 nitrogen and oxygen atoms in total. The summed E-state index contributed by atoms with van der Waals surface area (Å²) in [5, 5.41) is 11.4. The third-order valence-corrected chi connectivity index (χ3v) is 5.87. The fourth-order valence-electron chi connectivity index (χ4n) is 3.89. The second-order valence-electron chi connectivity index (χ2n) is 7.96. The predicted octanol–water partition coefficient (Wildman–Crippen LogP) is 6.50. The fraction of sp³-hybridized carbons (Fsp3) is 0.160. The molecular weight excluding hydrogens is 453 g/mol. The summed E-state index contributed by atoms with van der Waals surface area (Å²) in [5.41, 5.74) is 2.41. The number of nitrogens with zero attached hydrogens (tertiary/aromatic N) is 2. The molecule has 0 spiro atoms. The number of imidazole rings is 1. The third kappa shape index (κ3) is 4.16. The number of rotatable bonds is 3. The lowest BCUT2D eigenvalue weighted by Gasteiger charge is -2.16. The van der Waals surface area contributed by atoms with Crippen LogP contribution >= 0.6 is 11.6 Å². The summed E-state index contributed by atoms with van der Waals surface area (Å²) in [6.07, 6.45) is -1.21. The van der Waals surface area contributed by atoms with Crippen LogP contribution in [-0.2, 0) is 13.2 Å². The molecule has 0 radical (unpaired) electrons. The lowest BCUT2D eigenvalue weighted by molar-refractivity contribution is -0.138. The van der Waals surface area contributed by atoms with Gasteiger partial charge in [0.2, 0.25) is 0 Å². The number of phenolic OH excluding ortho intramolecular Hbond substituents is 1. The second-order valence-corrected chi connectivity index (χ2v) is 8.37. The normalized spacial score (nSPS) is 11.7. The minimum atomic E-state index is -4.44. The highest BCUT2D eigenvalue weighted by molar-refractivity contribution is 6.32. The van der Waals surface area contributed by atoms with Crippen molar-refractivity contribution in [2.45, 2.75) is 20.0 Å². The summed E-state index contributed by atoms with van der Waals surface area (Å²) < 4.78 is 42.3. The molecule has 1 heterocycles. The Kier molecular flexibility index (Phi) is 5.62. The lowest BCUT2D eigenvalue weighted by Crippen LogP contribution is -2.20. The Hall–Kier alpha value is -3.45. The number of alkyl halides is 3. The molecule has 0 unspecified atom stereocenters. The number of phenols is 1. The van der Waals surface area contributed by atoms with Gasteiger partial charge in [0.1, 0.15) is 5.75 Å². The number of hydrogen-bond donors (Lipinski definition) is 1. The molecule has 0 aliphatic carbocycles. The molecule has 4 aromatic rings. The summed E-state index contributed by atoms with van der Waals surface area (Å²) in [5.74, 6) is -0.0690. The first-order valence-electron chi connectivity index (χ1n) is 10.0. The van der Waals surface area contributed by atoms with Crippen molar-refractivity contribution in [3.05, 3.63) is 93.1 Å². The molecule has 0 aliphatic rings. The monoisotopic (exact) mass is 472 g/mol. The smallest absolute Gasteiger partial charge is 0.416 e. The Balaban J connectivity index is 1.81. The molecule has 0 saturated carbocycles. The zero-order chi connectivity index (χ0) is 24.1. The van der Waals surface area contributed by atoms with E-state index in [1.54, 1.807) is 49.8 Å². The maximum Gasteiger partial charge on any atom is 0.416 e. The first-order valence-corrected chi connectivity index (χ1v) is 10.4. The Morgan fingerprint density at radius 3 is 2.03 bits per heavy atom. The number of benzene rings is 3. The quantitative estimate of drug-likeness (QED) is 0.369. The maximum absolute atomic E-state index is 13.1. The Bertz CT molecular complexity index is 1430. The Morgan fingerprint density at radius 2 is 1.52 bits per heavy atom. The van der Waals surface area contributed by atoms with Crippen LogP contribution in [0.3, 0.4) is 0 Å². The molecule has 0 amide bonds. The molecule has 0 atom stereocenters. The summed E-state index contributed by atoms with van der Waals surface area (Å²) in [6, 6.07) is 12.4. The van der Waals surface area contributed by atoms with Crippen molar-refractivity contribution in [1.29, 1.82) is 0 Å². The van der Waals surface area contributed by atoms with Crippen LogP contribution in [0, 0.1) is 13.8 Å². The summed E-state index contributed by atoms with van der Waals surface area (Å²) >= 11 is 6.47. The zero-order valence-electron chi connectivity index (χ0n) is 18.0. The van der Waals surface area contributed by atoms with Crippen molar-refractivity contribution >= 4 is 11.6 Å². The van der Waals surface area contributed by atoms with E-state index in [4.69, 9.17) is 11.6 Å². The number of aromatic nitrogens is 2. The van der Waals surface area contributed by atoms with Crippen molar-refractivity contribution in [2.24, 2.45) is 7.05 Å². The molecule has 3 aromatic carbocycles. The van der Waals surface area contributed by atoms with E-state index in [9.17, 15) is 23.1 Å². The van der Waals surface area contributed by atoms with Crippen LogP contribution in [0.5, 0.6) is 5.75 Å². The van der Waals surface area contributed by atoms with E-state index in [1.807, 2.05) is 6.92 Å². The molecule has 33 heavy (non-hydrogen) atoms. The van der Waals surface area contributed by atoms with Crippen LogP contribution < -0.4 is 5.69 Å². The molecule has 0 fully saturated rings. The standard InChI is InChI=1S/C25H20ClF3N2O2/c1-14-10-18(16-4-6-20(15(2)12-16)25(27,28)29)23(32)19(11-14)17-5-7-22(21(26)13-17)31-9-8-30(3)24(31)33/h4-13,32H,1-3H3. The van der Waals surface area contributed by atoms with Crippen LogP contribution in [0.25, 0.3) is 27.9 Å². The zero-order valence-corrected chi connectivity index (χ0v) is 18.8. The van der Waals surface area contributed by atoms with Gasteiger partial charge in [-0.15, -0.1) is 0 Å². The van der Waals surface area contributed by atoms with Crippen LogP contribution in [-0.4, -0.2) is 14.2 Å². The fourth-order valence-corrected chi connectivity index (χ4v) is 4.16. The van der Waals surface area contributed by atoms with Crippen LogP contribution in [0.4, 0.5) is 13.2 Å².